The Labute approximate surface area is 219 Å². The first-order valence-corrected chi connectivity index (χ1v) is 12.7. The third kappa shape index (κ3) is 4.70. The van der Waals surface area contributed by atoms with Crippen LogP contribution in [0.25, 0.3) is 27.9 Å². The molecule has 1 N–H and O–H groups in total. The Morgan fingerprint density at radius 1 is 0.974 bits per heavy atom. The maximum atomic E-state index is 15.3. The fraction of sp³-hybridized carbons (Fsp3) is 0.276. The maximum Gasteiger partial charge on any atom is 0.137 e. The molecule has 0 amide bonds. The summed E-state index contributed by atoms with van der Waals surface area (Å²) in [6.07, 6.45) is 6.28. The monoisotopic (exact) mass is 515 g/mol. The van der Waals surface area contributed by atoms with Gasteiger partial charge in [0, 0.05) is 37.0 Å². The Morgan fingerprint density at radius 3 is 2.61 bits per heavy atom. The average molecular weight is 516 g/mol. The lowest BCUT2D eigenvalue weighted by Gasteiger charge is -2.29. The van der Waals surface area contributed by atoms with E-state index in [-0.39, 0.29) is 10.9 Å². The van der Waals surface area contributed by atoms with Crippen molar-refractivity contribution >= 4 is 33.5 Å². The zero-order valence-electron chi connectivity index (χ0n) is 21.0. The molecule has 3 aromatic heterocycles. The molecule has 0 atom stereocenters. The second-order valence-electron chi connectivity index (χ2n) is 9.33. The predicted octanol–water partition coefficient (Wildman–Crippen LogP) is 5.66. The van der Waals surface area contributed by atoms with Crippen LogP contribution in [-0.2, 0) is 9.47 Å². The smallest absolute Gasteiger partial charge is 0.137 e. The van der Waals surface area contributed by atoms with Gasteiger partial charge >= 0.3 is 0 Å². The molecular formula is C29H27F2N5O2. The first-order valence-electron chi connectivity index (χ1n) is 12.7. The molecule has 194 valence electrons. The molecule has 6 rings (SSSR count). The third-order valence-corrected chi connectivity index (χ3v) is 6.93. The molecule has 1 fully saturated rings. The second kappa shape index (κ2) is 10.4. The van der Waals surface area contributed by atoms with E-state index in [0.29, 0.717) is 55.5 Å². The largest absolute Gasteiger partial charge is 0.378 e. The van der Waals surface area contributed by atoms with Crippen LogP contribution in [0.15, 0.2) is 54.9 Å². The molecule has 38 heavy (non-hydrogen) atoms. The highest BCUT2D eigenvalue weighted by Crippen LogP contribution is 2.39. The van der Waals surface area contributed by atoms with E-state index in [2.05, 4.69) is 20.2 Å². The van der Waals surface area contributed by atoms with Gasteiger partial charge in [0.15, 0.2) is 0 Å². The molecule has 0 spiro atoms. The van der Waals surface area contributed by atoms with Crippen molar-refractivity contribution in [2.24, 2.45) is 0 Å². The normalized spacial score (nSPS) is 16.0. The fourth-order valence-corrected chi connectivity index (χ4v) is 4.99. The number of nitrogens with one attached hydrogen (secondary N) is 1. The highest BCUT2D eigenvalue weighted by Gasteiger charge is 2.22. The number of morpholine rings is 1. The Bertz CT molecular complexity index is 1520. The van der Waals surface area contributed by atoms with Crippen molar-refractivity contribution in [3.05, 3.63) is 77.8 Å². The van der Waals surface area contributed by atoms with E-state index in [1.54, 1.807) is 6.20 Å². The highest BCUT2D eigenvalue weighted by molar-refractivity contribution is 5.99. The van der Waals surface area contributed by atoms with Gasteiger partial charge in [0.1, 0.15) is 11.6 Å². The predicted molar refractivity (Wildman–Crippen MR) is 144 cm³/mol. The van der Waals surface area contributed by atoms with Crippen LogP contribution in [0.2, 0.25) is 0 Å². The first-order chi connectivity index (χ1) is 18.6. The lowest BCUT2D eigenvalue weighted by atomic mass is 10.0. The zero-order chi connectivity index (χ0) is 26.1. The van der Waals surface area contributed by atoms with Gasteiger partial charge in [-0.15, -0.1) is 0 Å². The Hall–Kier alpha value is -3.95. The van der Waals surface area contributed by atoms with Crippen LogP contribution >= 0.6 is 0 Å². The highest BCUT2D eigenvalue weighted by atomic mass is 19.1. The fourth-order valence-electron chi connectivity index (χ4n) is 4.99. The van der Waals surface area contributed by atoms with Crippen molar-refractivity contribution < 1.29 is 18.3 Å². The molecule has 0 bridgehead atoms. The molecule has 2 aliphatic rings. The SMILES string of the molecule is Cc1c(-c2ccccn2)nc2cc(F)cc(F)c2c1Nc1cc(N2CCOCC2)cnc1C1=CCOCC1. The topological polar surface area (TPSA) is 72.4 Å². The Balaban J connectivity index is 1.54. The number of hydrogen-bond donors (Lipinski definition) is 1. The lowest BCUT2D eigenvalue weighted by molar-refractivity contribution is 0.122. The zero-order valence-corrected chi connectivity index (χ0v) is 21.0. The molecule has 7 nitrogen and oxygen atoms in total. The number of pyridine rings is 3. The number of rotatable bonds is 5. The number of aromatic nitrogens is 3. The molecule has 1 saturated heterocycles. The molecule has 0 radical (unpaired) electrons. The van der Waals surface area contributed by atoms with Gasteiger partial charge in [-0.2, -0.15) is 0 Å². The number of fused-ring (bicyclic) bond motifs is 1. The third-order valence-electron chi connectivity index (χ3n) is 6.93. The summed E-state index contributed by atoms with van der Waals surface area (Å²) in [4.78, 5) is 16.1. The number of ether oxygens (including phenoxy) is 2. The van der Waals surface area contributed by atoms with Crippen LogP contribution in [0.3, 0.4) is 0 Å². The summed E-state index contributed by atoms with van der Waals surface area (Å²) in [5.41, 5.74) is 6.08. The van der Waals surface area contributed by atoms with E-state index >= 15 is 4.39 Å². The molecule has 2 aliphatic heterocycles. The summed E-state index contributed by atoms with van der Waals surface area (Å²) in [7, 11) is 0. The van der Waals surface area contributed by atoms with Crippen LogP contribution in [0.5, 0.6) is 0 Å². The second-order valence-corrected chi connectivity index (χ2v) is 9.33. The Morgan fingerprint density at radius 2 is 1.84 bits per heavy atom. The summed E-state index contributed by atoms with van der Waals surface area (Å²) in [6.45, 7) is 5.78. The van der Waals surface area contributed by atoms with Crippen LogP contribution < -0.4 is 10.2 Å². The molecule has 5 heterocycles. The summed E-state index contributed by atoms with van der Waals surface area (Å²) in [5.74, 6) is -1.37. The standard InChI is InChI=1S/C29H27F2N5O2/c1-18-27(23-4-2-3-7-32-23)34-24-15-20(30)14-22(31)26(24)28(18)35-25-16-21(36-8-12-38-13-9-36)17-33-29(25)19-5-10-37-11-6-19/h2-5,7,14-17H,6,8-13H2,1H3,(H,34,35). The van der Waals surface area contributed by atoms with Crippen molar-refractivity contribution in [2.45, 2.75) is 13.3 Å². The maximum absolute atomic E-state index is 15.3. The van der Waals surface area contributed by atoms with Crippen molar-refractivity contribution in [1.29, 1.82) is 0 Å². The van der Waals surface area contributed by atoms with E-state index in [0.717, 1.165) is 41.8 Å². The van der Waals surface area contributed by atoms with Gasteiger partial charge in [-0.3, -0.25) is 9.97 Å². The van der Waals surface area contributed by atoms with Gasteiger partial charge in [-0.1, -0.05) is 12.1 Å². The summed E-state index contributed by atoms with van der Waals surface area (Å²) in [6, 6.07) is 9.68. The van der Waals surface area contributed by atoms with Gasteiger partial charge < -0.3 is 19.7 Å². The number of halogens is 2. The van der Waals surface area contributed by atoms with Crippen LogP contribution in [0, 0.1) is 18.6 Å². The number of hydrogen-bond acceptors (Lipinski definition) is 7. The van der Waals surface area contributed by atoms with Gasteiger partial charge in [0.05, 0.1) is 77.7 Å². The summed E-state index contributed by atoms with van der Waals surface area (Å²) < 4.78 is 40.7. The molecule has 0 aliphatic carbocycles. The molecule has 0 unspecified atom stereocenters. The van der Waals surface area contributed by atoms with Gasteiger partial charge in [-0.25, -0.2) is 13.8 Å². The van der Waals surface area contributed by atoms with Gasteiger partial charge in [0.2, 0.25) is 0 Å². The molecule has 9 heteroatoms. The quantitative estimate of drug-likeness (QED) is 0.368. The number of nitrogens with zero attached hydrogens (tertiary/aromatic N) is 4. The van der Waals surface area contributed by atoms with E-state index in [9.17, 15) is 4.39 Å². The molecule has 1 aromatic carbocycles. The minimum Gasteiger partial charge on any atom is -0.378 e. The van der Waals surface area contributed by atoms with Crippen molar-refractivity contribution in [2.75, 3.05) is 49.7 Å². The number of anilines is 3. The van der Waals surface area contributed by atoms with Gasteiger partial charge in [0.25, 0.3) is 0 Å². The molecular weight excluding hydrogens is 488 g/mol. The van der Waals surface area contributed by atoms with E-state index in [1.807, 2.05) is 43.5 Å². The first kappa shape index (κ1) is 24.4. The van der Waals surface area contributed by atoms with Crippen LogP contribution in [-0.4, -0.2) is 54.5 Å². The molecule has 0 saturated carbocycles. The average Bonchev–Trinajstić information content (AvgIpc) is 2.95. The van der Waals surface area contributed by atoms with Crippen LogP contribution in [0.1, 0.15) is 17.7 Å². The van der Waals surface area contributed by atoms with Gasteiger partial charge in [-0.05, 0) is 37.1 Å². The van der Waals surface area contributed by atoms with Crippen molar-refractivity contribution in [3.8, 4) is 11.4 Å². The minimum atomic E-state index is -0.687. The summed E-state index contributed by atoms with van der Waals surface area (Å²) >= 11 is 0. The van der Waals surface area contributed by atoms with Crippen molar-refractivity contribution in [1.82, 2.24) is 15.0 Å². The Kier molecular flexibility index (Phi) is 6.70. The lowest BCUT2D eigenvalue weighted by Crippen LogP contribution is -2.36. The summed E-state index contributed by atoms with van der Waals surface area (Å²) in [5, 5.41) is 3.71. The van der Waals surface area contributed by atoms with Crippen LogP contribution in [0.4, 0.5) is 25.8 Å². The van der Waals surface area contributed by atoms with E-state index in [4.69, 9.17) is 14.5 Å². The molecule has 4 aromatic rings. The number of benzene rings is 1. The van der Waals surface area contributed by atoms with Crippen molar-refractivity contribution in [3.63, 3.8) is 0 Å². The van der Waals surface area contributed by atoms with E-state index in [1.165, 1.54) is 6.07 Å². The van der Waals surface area contributed by atoms with E-state index < -0.39 is 11.6 Å². The minimum absolute atomic E-state index is 0.209.